The van der Waals surface area contributed by atoms with E-state index in [1.54, 1.807) is 31.2 Å². The normalized spacial score (nSPS) is 35.1. The second kappa shape index (κ2) is 6.07. The maximum atomic E-state index is 9.93. The van der Waals surface area contributed by atoms with Gasteiger partial charge in [0.05, 0.1) is 18.8 Å². The topological polar surface area (TPSA) is 79.2 Å². The van der Waals surface area contributed by atoms with Crippen molar-refractivity contribution in [1.82, 2.24) is 0 Å². The molecule has 0 spiro atoms. The summed E-state index contributed by atoms with van der Waals surface area (Å²) in [5.74, 6) is 0.0944. The predicted molar refractivity (Wildman–Crippen MR) is 69.0 cm³/mol. The van der Waals surface area contributed by atoms with Crippen LogP contribution in [0.1, 0.15) is 6.92 Å². The van der Waals surface area contributed by atoms with Crippen molar-refractivity contribution < 1.29 is 24.8 Å². The summed E-state index contributed by atoms with van der Waals surface area (Å²) in [5, 5.41) is 29.6. The highest BCUT2D eigenvalue weighted by Crippen LogP contribution is 2.28. The van der Waals surface area contributed by atoms with Crippen molar-refractivity contribution in [3.8, 4) is 5.75 Å². The van der Waals surface area contributed by atoms with E-state index >= 15 is 0 Å². The van der Waals surface area contributed by atoms with Crippen LogP contribution in [-0.2, 0) is 4.74 Å². The zero-order valence-corrected chi connectivity index (χ0v) is 11.2. The van der Waals surface area contributed by atoms with E-state index < -0.39 is 24.6 Å². The van der Waals surface area contributed by atoms with Crippen LogP contribution in [0.2, 0.25) is 5.02 Å². The third-order valence-corrected chi connectivity index (χ3v) is 3.56. The van der Waals surface area contributed by atoms with Gasteiger partial charge in [-0.1, -0.05) is 18.5 Å². The molecule has 1 aromatic carbocycles. The third-order valence-electron chi connectivity index (χ3n) is 3.31. The first kappa shape index (κ1) is 14.6. The number of hydrogen-bond donors (Lipinski definition) is 3. The monoisotopic (exact) mass is 288 g/mol. The van der Waals surface area contributed by atoms with Crippen LogP contribution >= 0.6 is 11.6 Å². The Morgan fingerprint density at radius 2 is 1.84 bits per heavy atom. The molecule has 0 aromatic heterocycles. The molecule has 0 saturated carbocycles. The number of aliphatic hydroxyl groups is 3. The van der Waals surface area contributed by atoms with Crippen LogP contribution in [0, 0.1) is 5.92 Å². The molecule has 1 saturated heterocycles. The first-order valence-corrected chi connectivity index (χ1v) is 6.45. The van der Waals surface area contributed by atoms with Crippen molar-refractivity contribution in [2.45, 2.75) is 31.5 Å². The van der Waals surface area contributed by atoms with Crippen LogP contribution in [0.4, 0.5) is 0 Å². The summed E-state index contributed by atoms with van der Waals surface area (Å²) < 4.78 is 10.9. The Bertz CT molecular complexity index is 408. The minimum Gasteiger partial charge on any atom is -0.462 e. The van der Waals surface area contributed by atoms with E-state index in [0.29, 0.717) is 10.8 Å². The number of hydrogen-bond acceptors (Lipinski definition) is 5. The molecule has 106 valence electrons. The van der Waals surface area contributed by atoms with E-state index in [1.807, 2.05) is 0 Å². The zero-order chi connectivity index (χ0) is 14.0. The van der Waals surface area contributed by atoms with E-state index in [0.717, 1.165) is 0 Å². The largest absolute Gasteiger partial charge is 0.462 e. The van der Waals surface area contributed by atoms with Gasteiger partial charge < -0.3 is 24.8 Å². The maximum Gasteiger partial charge on any atom is 0.229 e. The van der Waals surface area contributed by atoms with Crippen LogP contribution in [0.3, 0.4) is 0 Å². The third kappa shape index (κ3) is 3.19. The molecular formula is C13H17ClO5. The maximum absolute atomic E-state index is 9.93. The summed E-state index contributed by atoms with van der Waals surface area (Å²) in [4.78, 5) is 0. The molecule has 0 aliphatic carbocycles. The number of ether oxygens (including phenoxy) is 2. The summed E-state index contributed by atoms with van der Waals surface area (Å²) in [6.07, 6.45) is -3.78. The van der Waals surface area contributed by atoms with E-state index in [-0.39, 0.29) is 12.5 Å². The minimum atomic E-state index is -1.17. The van der Waals surface area contributed by atoms with Gasteiger partial charge in [0, 0.05) is 10.9 Å². The van der Waals surface area contributed by atoms with Crippen LogP contribution in [0.15, 0.2) is 24.3 Å². The van der Waals surface area contributed by atoms with Gasteiger partial charge in [-0.2, -0.15) is 0 Å². The molecule has 0 radical (unpaired) electrons. The number of halogens is 1. The second-order valence-electron chi connectivity index (χ2n) is 4.64. The van der Waals surface area contributed by atoms with Crippen molar-refractivity contribution >= 4 is 11.6 Å². The molecule has 6 heteroatoms. The van der Waals surface area contributed by atoms with Gasteiger partial charge >= 0.3 is 0 Å². The Hall–Kier alpha value is -0.850. The molecule has 5 atom stereocenters. The Balaban J connectivity index is 2.08. The Labute approximate surface area is 116 Å². The molecule has 3 N–H and O–H groups in total. The van der Waals surface area contributed by atoms with Crippen molar-refractivity contribution in [3.63, 3.8) is 0 Å². The highest BCUT2D eigenvalue weighted by Gasteiger charge is 2.43. The lowest BCUT2D eigenvalue weighted by Crippen LogP contribution is -2.56. The first-order valence-electron chi connectivity index (χ1n) is 6.07. The van der Waals surface area contributed by atoms with Gasteiger partial charge in [-0.15, -0.1) is 0 Å². The van der Waals surface area contributed by atoms with Crippen LogP contribution in [-0.4, -0.2) is 46.5 Å². The molecule has 5 nitrogen and oxygen atoms in total. The summed E-state index contributed by atoms with van der Waals surface area (Å²) in [6.45, 7) is 1.46. The lowest BCUT2D eigenvalue weighted by Gasteiger charge is -2.40. The molecule has 19 heavy (non-hydrogen) atoms. The fourth-order valence-electron chi connectivity index (χ4n) is 2.02. The van der Waals surface area contributed by atoms with Gasteiger partial charge in [0.2, 0.25) is 6.29 Å². The van der Waals surface area contributed by atoms with Gasteiger partial charge in [-0.25, -0.2) is 0 Å². The molecule has 0 amide bonds. The lowest BCUT2D eigenvalue weighted by molar-refractivity contribution is -0.261. The number of rotatable bonds is 3. The van der Waals surface area contributed by atoms with Crippen molar-refractivity contribution in [1.29, 1.82) is 0 Å². The van der Waals surface area contributed by atoms with Crippen LogP contribution in [0.5, 0.6) is 5.75 Å². The second-order valence-corrected chi connectivity index (χ2v) is 5.07. The molecule has 1 heterocycles. The zero-order valence-electron chi connectivity index (χ0n) is 10.4. The Morgan fingerprint density at radius 1 is 1.21 bits per heavy atom. The molecule has 1 aliphatic rings. The van der Waals surface area contributed by atoms with Crippen LogP contribution in [0.25, 0.3) is 0 Å². The summed E-state index contributed by atoms with van der Waals surface area (Å²) >= 11 is 5.76. The Morgan fingerprint density at radius 3 is 2.42 bits per heavy atom. The quantitative estimate of drug-likeness (QED) is 0.766. The van der Waals surface area contributed by atoms with E-state index in [1.165, 1.54) is 0 Å². The Kier molecular flexibility index (Phi) is 4.65. The average molecular weight is 289 g/mol. The van der Waals surface area contributed by atoms with Crippen molar-refractivity contribution in [3.05, 3.63) is 29.3 Å². The van der Waals surface area contributed by atoms with Crippen molar-refractivity contribution in [2.24, 2.45) is 5.92 Å². The fraction of sp³-hybridized carbons (Fsp3) is 0.538. The highest BCUT2D eigenvalue weighted by atomic mass is 35.5. The minimum absolute atomic E-state index is 0.245. The average Bonchev–Trinajstić information content (AvgIpc) is 2.42. The standard InChI is InChI=1S/C13H17ClO5/c1-7-10(6-15)19-13(12(17)11(7)16)18-9-4-2-8(14)3-5-9/h2-5,7,10-13,15-17H,6H2,1H3/t7-,10-,11+,12-,13?/m0/s1. The highest BCUT2D eigenvalue weighted by molar-refractivity contribution is 6.30. The molecule has 2 rings (SSSR count). The fourth-order valence-corrected chi connectivity index (χ4v) is 2.15. The van der Waals surface area contributed by atoms with Gasteiger partial charge in [-0.3, -0.25) is 0 Å². The van der Waals surface area contributed by atoms with Crippen molar-refractivity contribution in [2.75, 3.05) is 6.61 Å². The molecule has 1 aliphatic heterocycles. The molecule has 1 aromatic rings. The van der Waals surface area contributed by atoms with E-state index in [9.17, 15) is 15.3 Å². The van der Waals surface area contributed by atoms with E-state index in [2.05, 4.69) is 0 Å². The molecular weight excluding hydrogens is 272 g/mol. The van der Waals surface area contributed by atoms with Gasteiger partial charge in [-0.05, 0) is 24.3 Å². The van der Waals surface area contributed by atoms with Crippen LogP contribution < -0.4 is 4.74 Å². The predicted octanol–water partition coefficient (Wildman–Crippen LogP) is 0.794. The van der Waals surface area contributed by atoms with Gasteiger partial charge in [0.1, 0.15) is 11.9 Å². The van der Waals surface area contributed by atoms with E-state index in [4.69, 9.17) is 21.1 Å². The molecule has 1 unspecified atom stereocenters. The molecule has 0 bridgehead atoms. The first-order chi connectivity index (χ1) is 9.02. The number of aliphatic hydroxyl groups excluding tert-OH is 3. The van der Waals surface area contributed by atoms with Gasteiger partial charge in [0.15, 0.2) is 0 Å². The SMILES string of the molecule is C[C@@H]1[C@@H](O)[C@H](O)C(Oc2ccc(Cl)cc2)O[C@H]1CO. The smallest absolute Gasteiger partial charge is 0.229 e. The molecule has 1 fully saturated rings. The number of benzene rings is 1. The lowest BCUT2D eigenvalue weighted by atomic mass is 9.91. The summed E-state index contributed by atoms with van der Waals surface area (Å²) in [5.41, 5.74) is 0. The summed E-state index contributed by atoms with van der Waals surface area (Å²) in [7, 11) is 0. The van der Waals surface area contributed by atoms with Gasteiger partial charge in [0.25, 0.3) is 0 Å². The summed E-state index contributed by atoms with van der Waals surface area (Å²) in [6, 6.07) is 6.57.